The zero-order valence-corrected chi connectivity index (χ0v) is 22.9. The van der Waals surface area contributed by atoms with E-state index in [4.69, 9.17) is 4.74 Å². The molecule has 200 valence electrons. The van der Waals surface area contributed by atoms with E-state index in [-0.39, 0.29) is 35.4 Å². The number of thioether (sulfide) groups is 2. The number of amides is 3. The predicted molar refractivity (Wildman–Crippen MR) is 143 cm³/mol. The summed E-state index contributed by atoms with van der Waals surface area (Å²) in [5.74, 6) is -2.31. The largest absolute Gasteiger partial charge is 0.456 e. The van der Waals surface area contributed by atoms with Gasteiger partial charge in [0.15, 0.2) is 5.12 Å². The number of rotatable bonds is 6. The second-order valence-electron chi connectivity index (χ2n) is 8.49. The van der Waals surface area contributed by atoms with Crippen molar-refractivity contribution < 1.29 is 28.7 Å². The first kappa shape index (κ1) is 30.1. The molecule has 0 radical (unpaired) electrons. The average Bonchev–Trinajstić information content (AvgIpc) is 2.84. The van der Waals surface area contributed by atoms with E-state index in [0.29, 0.717) is 22.8 Å². The van der Waals surface area contributed by atoms with Gasteiger partial charge in [-0.3, -0.25) is 19.2 Å². The standard InChI is InChI=1S/C25H32N4O6S2/c1-14(2)21-25(34)35-18(8-6-7-11-37-16(4)30)12-20(31)26-13-17-9-10-19(36-5)22(28-17)24(33)27-15(3)23(32)29-21/h6,8-10,14,18,21H,3,7,11-13H2,1-2,4-5H3,(H,26,31)(H,27,33)(H,29,32)/b8-6+/t18-,21+/m1/s1. The van der Waals surface area contributed by atoms with Crippen molar-refractivity contribution in [1.29, 1.82) is 0 Å². The van der Waals surface area contributed by atoms with Crippen LogP contribution in [-0.2, 0) is 30.5 Å². The first-order chi connectivity index (χ1) is 17.5. The lowest BCUT2D eigenvalue weighted by molar-refractivity contribution is -0.153. The molecular weight excluding hydrogens is 516 g/mol. The molecule has 0 saturated carbocycles. The van der Waals surface area contributed by atoms with Gasteiger partial charge in [-0.1, -0.05) is 38.3 Å². The number of ether oxygens (including phenoxy) is 1. The van der Waals surface area contributed by atoms with Crippen LogP contribution in [0.1, 0.15) is 49.8 Å². The molecule has 2 rings (SSSR count). The fourth-order valence-corrected chi connectivity index (χ4v) is 4.30. The quantitative estimate of drug-likeness (QED) is 0.160. The van der Waals surface area contributed by atoms with Crippen molar-refractivity contribution in [1.82, 2.24) is 20.9 Å². The monoisotopic (exact) mass is 548 g/mol. The van der Waals surface area contributed by atoms with Crippen LogP contribution in [0.5, 0.6) is 0 Å². The number of carbonyl (C=O) groups excluding carboxylic acids is 5. The molecule has 0 aliphatic carbocycles. The molecule has 3 N–H and O–H groups in total. The van der Waals surface area contributed by atoms with E-state index >= 15 is 0 Å². The van der Waals surface area contributed by atoms with Crippen molar-refractivity contribution in [3.05, 3.63) is 47.9 Å². The molecule has 2 heterocycles. The van der Waals surface area contributed by atoms with Crippen molar-refractivity contribution >= 4 is 52.3 Å². The fraction of sp³-hybridized carbons (Fsp3) is 0.440. The Hall–Kier alpha value is -3.12. The van der Waals surface area contributed by atoms with E-state index in [1.54, 1.807) is 44.4 Å². The molecule has 0 aromatic carbocycles. The maximum Gasteiger partial charge on any atom is 0.329 e. The summed E-state index contributed by atoms with van der Waals surface area (Å²) in [4.78, 5) is 67.3. The van der Waals surface area contributed by atoms with Crippen molar-refractivity contribution in [3.63, 3.8) is 0 Å². The van der Waals surface area contributed by atoms with Gasteiger partial charge in [0, 0.05) is 17.6 Å². The Kier molecular flexibility index (Phi) is 11.9. The van der Waals surface area contributed by atoms with Gasteiger partial charge < -0.3 is 20.7 Å². The Balaban J connectivity index is 2.35. The summed E-state index contributed by atoms with van der Waals surface area (Å²) in [6.07, 6.45) is 4.61. The SMILES string of the molecule is C=C1NC(=O)c2nc(ccc2SC)CNC(=O)C[C@@H](/C=C/CCSC(C)=O)OC(=O)[C@H](C(C)C)NC1=O. The predicted octanol–water partition coefficient (Wildman–Crippen LogP) is 2.35. The number of pyridine rings is 1. The summed E-state index contributed by atoms with van der Waals surface area (Å²) in [5.41, 5.74) is 0.274. The van der Waals surface area contributed by atoms with Gasteiger partial charge in [-0.25, -0.2) is 9.78 Å². The van der Waals surface area contributed by atoms with E-state index in [1.807, 2.05) is 0 Å². The molecule has 0 spiro atoms. The molecule has 1 aliphatic rings. The molecule has 0 saturated heterocycles. The minimum atomic E-state index is -1.05. The third-order valence-corrected chi connectivity index (χ3v) is 6.77. The highest BCUT2D eigenvalue weighted by molar-refractivity contribution is 8.13. The Labute approximate surface area is 224 Å². The van der Waals surface area contributed by atoms with Crippen LogP contribution in [0.2, 0.25) is 0 Å². The van der Waals surface area contributed by atoms with Gasteiger partial charge in [0.2, 0.25) is 5.91 Å². The normalized spacial score (nSPS) is 19.9. The van der Waals surface area contributed by atoms with Crippen LogP contribution in [0, 0.1) is 5.92 Å². The molecule has 1 aromatic rings. The number of hydrogen-bond acceptors (Lipinski definition) is 9. The second kappa shape index (κ2) is 14.6. The minimum absolute atomic E-state index is 0.000427. The first-order valence-electron chi connectivity index (χ1n) is 11.6. The zero-order chi connectivity index (χ0) is 27.5. The number of nitrogens with zero attached hydrogens (tertiary/aromatic N) is 1. The van der Waals surface area contributed by atoms with Crippen LogP contribution in [0.4, 0.5) is 0 Å². The molecule has 3 amide bonds. The molecule has 37 heavy (non-hydrogen) atoms. The molecule has 0 fully saturated rings. The van der Waals surface area contributed by atoms with Gasteiger partial charge in [0.25, 0.3) is 11.8 Å². The Bertz CT molecular complexity index is 1090. The lowest BCUT2D eigenvalue weighted by Gasteiger charge is -2.24. The van der Waals surface area contributed by atoms with Crippen LogP contribution in [0.25, 0.3) is 0 Å². The summed E-state index contributed by atoms with van der Waals surface area (Å²) in [7, 11) is 0. The summed E-state index contributed by atoms with van der Waals surface area (Å²) in [6.45, 7) is 8.61. The summed E-state index contributed by atoms with van der Waals surface area (Å²) in [5, 5.41) is 7.73. The molecule has 12 heteroatoms. The van der Waals surface area contributed by atoms with E-state index in [0.717, 1.165) is 0 Å². The molecule has 10 nitrogen and oxygen atoms in total. The average molecular weight is 549 g/mol. The third-order valence-electron chi connectivity index (χ3n) is 5.16. The Morgan fingerprint density at radius 2 is 1.97 bits per heavy atom. The second-order valence-corrected chi connectivity index (χ2v) is 10.6. The van der Waals surface area contributed by atoms with Crippen LogP contribution < -0.4 is 16.0 Å². The van der Waals surface area contributed by atoms with Gasteiger partial charge in [-0.15, -0.1) is 11.8 Å². The molecular formula is C25H32N4O6S2. The number of aromatic nitrogens is 1. The number of cyclic esters (lactones) is 1. The van der Waals surface area contributed by atoms with Gasteiger partial charge in [0.1, 0.15) is 17.8 Å². The van der Waals surface area contributed by atoms with E-state index in [1.165, 1.54) is 30.4 Å². The number of nitrogens with one attached hydrogen (secondary N) is 3. The number of carbonyl (C=O) groups is 5. The number of allylic oxidation sites excluding steroid dienone is 1. The number of fused-ring (bicyclic) bond motifs is 2. The topological polar surface area (TPSA) is 144 Å². The maximum atomic E-state index is 13.0. The maximum absolute atomic E-state index is 13.0. The highest BCUT2D eigenvalue weighted by Gasteiger charge is 2.30. The van der Waals surface area contributed by atoms with Crippen molar-refractivity contribution in [2.24, 2.45) is 5.92 Å². The molecule has 1 aromatic heterocycles. The number of hydrogen-bond donors (Lipinski definition) is 3. The lowest BCUT2D eigenvalue weighted by atomic mass is 10.0. The van der Waals surface area contributed by atoms with Gasteiger partial charge >= 0.3 is 5.97 Å². The Morgan fingerprint density at radius 3 is 2.62 bits per heavy atom. The van der Waals surface area contributed by atoms with Gasteiger partial charge in [-0.05, 0) is 36.8 Å². The number of esters is 1. The molecule has 2 atom stereocenters. The molecule has 1 aliphatic heterocycles. The molecule has 0 unspecified atom stereocenters. The van der Waals surface area contributed by atoms with E-state index in [9.17, 15) is 24.0 Å². The summed E-state index contributed by atoms with van der Waals surface area (Å²) < 4.78 is 5.59. The van der Waals surface area contributed by atoms with E-state index in [2.05, 4.69) is 27.5 Å². The minimum Gasteiger partial charge on any atom is -0.456 e. The van der Waals surface area contributed by atoms with Crippen LogP contribution in [0.15, 0.2) is 41.5 Å². The third kappa shape index (κ3) is 9.69. The van der Waals surface area contributed by atoms with Crippen molar-refractivity contribution in [2.75, 3.05) is 12.0 Å². The van der Waals surface area contributed by atoms with Crippen molar-refractivity contribution in [3.8, 4) is 0 Å². The van der Waals surface area contributed by atoms with Crippen LogP contribution >= 0.6 is 23.5 Å². The highest BCUT2D eigenvalue weighted by atomic mass is 32.2. The van der Waals surface area contributed by atoms with E-state index < -0.39 is 35.8 Å². The molecule has 2 bridgehead atoms. The van der Waals surface area contributed by atoms with Gasteiger partial charge in [-0.2, -0.15) is 0 Å². The smallest absolute Gasteiger partial charge is 0.329 e. The lowest BCUT2D eigenvalue weighted by Crippen LogP contribution is -2.48. The summed E-state index contributed by atoms with van der Waals surface area (Å²) >= 11 is 2.48. The first-order valence-corrected chi connectivity index (χ1v) is 13.8. The zero-order valence-electron chi connectivity index (χ0n) is 21.3. The van der Waals surface area contributed by atoms with Crippen LogP contribution in [-0.4, -0.2) is 57.9 Å². The van der Waals surface area contributed by atoms with Crippen molar-refractivity contribution in [2.45, 2.75) is 57.2 Å². The van der Waals surface area contributed by atoms with Gasteiger partial charge in [0.05, 0.1) is 24.4 Å². The van der Waals surface area contributed by atoms with Crippen LogP contribution in [0.3, 0.4) is 0 Å². The fourth-order valence-electron chi connectivity index (χ4n) is 3.23. The Morgan fingerprint density at radius 1 is 1.24 bits per heavy atom. The summed E-state index contributed by atoms with van der Waals surface area (Å²) in [6, 6.07) is 2.34. The highest BCUT2D eigenvalue weighted by Crippen LogP contribution is 2.20.